The van der Waals surface area contributed by atoms with Gasteiger partial charge in [0.25, 0.3) is 0 Å². The minimum Gasteiger partial charge on any atom is -0.302 e. The van der Waals surface area contributed by atoms with Crippen LogP contribution in [0.15, 0.2) is 33.9 Å². The van der Waals surface area contributed by atoms with Crippen LogP contribution >= 0.6 is 22.7 Å². The predicted molar refractivity (Wildman–Crippen MR) is 102 cm³/mol. The Morgan fingerprint density at radius 1 is 1.25 bits per heavy atom. The number of thiophene rings is 2. The number of hydrogen-bond acceptors (Lipinski definition) is 5. The molecule has 1 N–H and O–H groups in total. The lowest BCUT2D eigenvalue weighted by Crippen LogP contribution is -2.39. The van der Waals surface area contributed by atoms with E-state index in [1.54, 1.807) is 6.07 Å². The van der Waals surface area contributed by atoms with E-state index in [9.17, 15) is 8.42 Å². The van der Waals surface area contributed by atoms with Crippen LogP contribution in [0.5, 0.6) is 0 Å². The van der Waals surface area contributed by atoms with Crippen molar-refractivity contribution in [3.8, 4) is 0 Å². The van der Waals surface area contributed by atoms with Crippen LogP contribution in [0.3, 0.4) is 0 Å². The quantitative estimate of drug-likeness (QED) is 0.794. The average molecular weight is 385 g/mol. The van der Waals surface area contributed by atoms with Gasteiger partial charge in [0, 0.05) is 22.8 Å². The highest BCUT2D eigenvalue weighted by Crippen LogP contribution is 2.30. The van der Waals surface area contributed by atoms with Crippen LogP contribution in [0.25, 0.3) is 0 Å². The summed E-state index contributed by atoms with van der Waals surface area (Å²) in [6, 6.07) is 7.95. The maximum absolute atomic E-state index is 12.3. The predicted octanol–water partition coefficient (Wildman–Crippen LogP) is 3.53. The molecular formula is C17H24N2O2S3. The highest BCUT2D eigenvalue weighted by Gasteiger charge is 2.22. The first-order chi connectivity index (χ1) is 11.6. The summed E-state index contributed by atoms with van der Waals surface area (Å²) in [7, 11) is -3.35. The van der Waals surface area contributed by atoms with Crippen LogP contribution in [0.4, 0.5) is 0 Å². The van der Waals surface area contributed by atoms with Gasteiger partial charge in [0.1, 0.15) is 4.21 Å². The third-order valence-electron chi connectivity index (χ3n) is 4.50. The standard InChI is InChI=1S/C17H24N2O2S3/c1-2-15-5-6-17(23-15)24(20,21)18-9-12-19-10-7-14(8-11-19)16-4-3-13-22-16/h3-6,13-14,18H,2,7-12H2,1H3. The van der Waals surface area contributed by atoms with Crippen molar-refractivity contribution >= 4 is 32.7 Å². The van der Waals surface area contributed by atoms with Gasteiger partial charge in [0.15, 0.2) is 0 Å². The highest BCUT2D eigenvalue weighted by molar-refractivity contribution is 7.91. The number of aryl methyl sites for hydroxylation is 1. The number of sulfonamides is 1. The van der Waals surface area contributed by atoms with Gasteiger partial charge in [-0.25, -0.2) is 13.1 Å². The van der Waals surface area contributed by atoms with Crippen LogP contribution < -0.4 is 4.72 Å². The van der Waals surface area contributed by atoms with E-state index in [2.05, 4.69) is 27.1 Å². The van der Waals surface area contributed by atoms with Crippen LogP contribution in [-0.2, 0) is 16.4 Å². The summed E-state index contributed by atoms with van der Waals surface area (Å²) < 4.78 is 27.8. The first-order valence-electron chi connectivity index (χ1n) is 8.42. The van der Waals surface area contributed by atoms with Gasteiger partial charge in [-0.15, -0.1) is 22.7 Å². The fraction of sp³-hybridized carbons (Fsp3) is 0.529. The van der Waals surface area contributed by atoms with Crippen molar-refractivity contribution in [1.29, 1.82) is 0 Å². The van der Waals surface area contributed by atoms with Gasteiger partial charge in [-0.2, -0.15) is 0 Å². The van der Waals surface area contributed by atoms with Crippen LogP contribution in [0, 0.1) is 0 Å². The van der Waals surface area contributed by atoms with Gasteiger partial charge in [-0.3, -0.25) is 0 Å². The van der Waals surface area contributed by atoms with E-state index in [1.807, 2.05) is 24.3 Å². The lowest BCUT2D eigenvalue weighted by molar-refractivity contribution is 0.217. The zero-order valence-electron chi connectivity index (χ0n) is 13.9. The Hall–Kier alpha value is -0.730. The molecule has 0 bridgehead atoms. The summed E-state index contributed by atoms with van der Waals surface area (Å²) in [5.41, 5.74) is 0. The molecule has 2 aromatic rings. The normalized spacial score (nSPS) is 17.4. The molecule has 0 unspecified atom stereocenters. The smallest absolute Gasteiger partial charge is 0.250 e. The highest BCUT2D eigenvalue weighted by atomic mass is 32.2. The Morgan fingerprint density at radius 3 is 2.67 bits per heavy atom. The van der Waals surface area contributed by atoms with Crippen molar-refractivity contribution in [2.45, 2.75) is 36.3 Å². The van der Waals surface area contributed by atoms with Crippen molar-refractivity contribution in [2.75, 3.05) is 26.2 Å². The lowest BCUT2D eigenvalue weighted by atomic mass is 9.95. The van der Waals surface area contributed by atoms with Crippen LogP contribution in [0.1, 0.15) is 35.4 Å². The monoisotopic (exact) mass is 384 g/mol. The number of piperidine rings is 1. The maximum atomic E-state index is 12.3. The number of nitrogens with one attached hydrogen (secondary N) is 1. The third kappa shape index (κ3) is 4.46. The molecule has 2 aromatic heterocycles. The zero-order valence-corrected chi connectivity index (χ0v) is 16.4. The molecule has 1 fully saturated rings. The molecule has 0 aromatic carbocycles. The average Bonchev–Trinajstić information content (AvgIpc) is 3.27. The first-order valence-corrected chi connectivity index (χ1v) is 11.6. The summed E-state index contributed by atoms with van der Waals surface area (Å²) in [6.45, 7) is 5.38. The maximum Gasteiger partial charge on any atom is 0.250 e. The Bertz CT molecular complexity index is 730. The van der Waals surface area contributed by atoms with Crippen molar-refractivity contribution in [2.24, 2.45) is 0 Å². The summed E-state index contributed by atoms with van der Waals surface area (Å²) in [4.78, 5) is 4.95. The molecule has 3 rings (SSSR count). The van der Waals surface area contributed by atoms with Gasteiger partial charge in [0.05, 0.1) is 0 Å². The topological polar surface area (TPSA) is 49.4 Å². The SMILES string of the molecule is CCc1ccc(S(=O)(=O)NCCN2CCC(c3cccs3)CC2)s1. The Morgan fingerprint density at radius 2 is 2.04 bits per heavy atom. The molecule has 0 radical (unpaired) electrons. The molecule has 132 valence electrons. The van der Waals surface area contributed by atoms with Crippen molar-refractivity contribution in [3.63, 3.8) is 0 Å². The molecular weight excluding hydrogens is 360 g/mol. The molecule has 1 aliphatic rings. The molecule has 3 heterocycles. The lowest BCUT2D eigenvalue weighted by Gasteiger charge is -2.31. The molecule has 0 amide bonds. The first kappa shape index (κ1) is 18.1. The second kappa shape index (κ2) is 8.10. The Labute approximate surface area is 152 Å². The fourth-order valence-electron chi connectivity index (χ4n) is 3.07. The van der Waals surface area contributed by atoms with E-state index in [0.717, 1.165) is 43.8 Å². The second-order valence-corrected chi connectivity index (χ2v) is 10.2. The van der Waals surface area contributed by atoms with Gasteiger partial charge in [0.2, 0.25) is 10.0 Å². The van der Waals surface area contributed by atoms with Gasteiger partial charge in [-0.1, -0.05) is 13.0 Å². The summed E-state index contributed by atoms with van der Waals surface area (Å²) in [6.07, 6.45) is 3.20. The summed E-state index contributed by atoms with van der Waals surface area (Å²) in [5, 5.41) is 2.14. The van der Waals surface area contributed by atoms with Gasteiger partial charge in [-0.05, 0) is 61.8 Å². The molecule has 1 aliphatic heterocycles. The molecule has 1 saturated heterocycles. The minimum atomic E-state index is -3.35. The van der Waals surface area contributed by atoms with E-state index in [-0.39, 0.29) is 0 Å². The van der Waals surface area contributed by atoms with Crippen LogP contribution in [-0.4, -0.2) is 39.5 Å². The van der Waals surface area contributed by atoms with E-state index in [4.69, 9.17) is 0 Å². The molecule has 0 atom stereocenters. The summed E-state index contributed by atoms with van der Waals surface area (Å²) >= 11 is 3.21. The van der Waals surface area contributed by atoms with E-state index >= 15 is 0 Å². The van der Waals surface area contributed by atoms with Gasteiger partial charge >= 0.3 is 0 Å². The summed E-state index contributed by atoms with van der Waals surface area (Å²) in [5.74, 6) is 0.677. The molecule has 0 spiro atoms. The number of hydrogen-bond donors (Lipinski definition) is 1. The Kier molecular flexibility index (Phi) is 6.10. The largest absolute Gasteiger partial charge is 0.302 e. The number of likely N-dealkylation sites (tertiary alicyclic amines) is 1. The van der Waals surface area contributed by atoms with Crippen LogP contribution in [0.2, 0.25) is 0 Å². The molecule has 0 aliphatic carbocycles. The minimum absolute atomic E-state index is 0.427. The zero-order chi connectivity index (χ0) is 17.0. The molecule has 24 heavy (non-hydrogen) atoms. The second-order valence-electron chi connectivity index (χ2n) is 6.10. The van der Waals surface area contributed by atoms with Crippen molar-refractivity contribution < 1.29 is 8.42 Å². The molecule has 7 heteroatoms. The van der Waals surface area contributed by atoms with E-state index < -0.39 is 10.0 Å². The van der Waals surface area contributed by atoms with Crippen molar-refractivity contribution in [3.05, 3.63) is 39.4 Å². The van der Waals surface area contributed by atoms with E-state index in [1.165, 1.54) is 16.2 Å². The number of rotatable bonds is 7. The Balaban J connectivity index is 1.43. The van der Waals surface area contributed by atoms with Crippen molar-refractivity contribution in [1.82, 2.24) is 9.62 Å². The molecule has 4 nitrogen and oxygen atoms in total. The van der Waals surface area contributed by atoms with Gasteiger partial charge < -0.3 is 4.90 Å². The number of nitrogens with zero attached hydrogens (tertiary/aromatic N) is 1. The molecule has 0 saturated carbocycles. The fourth-order valence-corrected chi connectivity index (χ4v) is 6.33. The van der Waals surface area contributed by atoms with E-state index in [0.29, 0.717) is 16.7 Å². The third-order valence-corrected chi connectivity index (χ3v) is 8.72.